The number of aromatic nitrogens is 9. The van der Waals surface area contributed by atoms with Gasteiger partial charge in [0.1, 0.15) is 0 Å². The van der Waals surface area contributed by atoms with Crippen LogP contribution in [0.3, 0.4) is 0 Å². The second kappa shape index (κ2) is 30.0. The highest BCUT2D eigenvalue weighted by Gasteiger charge is 2.26. The van der Waals surface area contributed by atoms with Gasteiger partial charge in [0.25, 0.3) is 0 Å². The van der Waals surface area contributed by atoms with Gasteiger partial charge in [-0.05, 0) is 155 Å². The molecule has 8 heterocycles. The van der Waals surface area contributed by atoms with Gasteiger partial charge in [-0.2, -0.15) is 0 Å². The predicted molar refractivity (Wildman–Crippen MR) is 530 cm³/mol. The zero-order valence-corrected chi connectivity index (χ0v) is 70.0. The van der Waals surface area contributed by atoms with Crippen molar-refractivity contribution >= 4 is 160 Å². The summed E-state index contributed by atoms with van der Waals surface area (Å²) in [5.41, 5.74) is 23.0. The van der Waals surface area contributed by atoms with E-state index in [1.165, 1.54) is 111 Å². The zero-order chi connectivity index (χ0) is 82.9. The minimum Gasteiger partial charge on any atom is -0.309 e. The maximum Gasteiger partial charge on any atom is 0.165 e. The number of para-hydroxylation sites is 4. The van der Waals surface area contributed by atoms with Crippen LogP contribution < -0.4 is 0 Å². The first-order valence-corrected chi connectivity index (χ1v) is 44.7. The van der Waals surface area contributed by atoms with Gasteiger partial charge in [0.2, 0.25) is 0 Å². The zero-order valence-electron chi connectivity index (χ0n) is 67.6. The maximum atomic E-state index is 5.23. The number of benzene rings is 18. The third-order valence-electron chi connectivity index (χ3n) is 24.6. The van der Waals surface area contributed by atoms with Gasteiger partial charge in [0, 0.05) is 143 Å². The van der Waals surface area contributed by atoms with E-state index in [1.807, 2.05) is 84.1 Å². The molecule has 0 unspecified atom stereocenters. The Labute approximate surface area is 735 Å². The third kappa shape index (κ3) is 12.3. The summed E-state index contributed by atoms with van der Waals surface area (Å²) in [7, 11) is 0. The molecule has 8 aromatic heterocycles. The van der Waals surface area contributed by atoms with Crippen LogP contribution in [0, 0.1) is 0 Å². The average Bonchev–Trinajstić information content (AvgIpc) is 1.58. The quantitative estimate of drug-likeness (QED) is 0.121. The highest BCUT2D eigenvalue weighted by molar-refractivity contribution is 7.27. The van der Waals surface area contributed by atoms with Crippen LogP contribution in [0.5, 0.6) is 0 Å². The lowest BCUT2D eigenvalue weighted by molar-refractivity contribution is 1.08. The molecule has 18 aromatic carbocycles. The third-order valence-corrected chi connectivity index (χ3v) is 28.2. The largest absolute Gasteiger partial charge is 0.309 e. The highest BCUT2D eigenvalue weighted by Crippen LogP contribution is 2.49. The van der Waals surface area contributed by atoms with E-state index in [0.29, 0.717) is 34.9 Å². The fraction of sp³-hybridized carbons (Fsp3) is 0. The van der Waals surface area contributed by atoms with E-state index in [-0.39, 0.29) is 0 Å². The van der Waals surface area contributed by atoms with Crippen LogP contribution in [0.1, 0.15) is 0 Å². The van der Waals surface area contributed by atoms with E-state index in [1.54, 1.807) is 22.7 Å². The van der Waals surface area contributed by atoms with Gasteiger partial charge in [-0.3, -0.25) is 0 Å². The summed E-state index contributed by atoms with van der Waals surface area (Å²) in [5, 5.41) is 15.0. The van der Waals surface area contributed by atoms with Crippen molar-refractivity contribution in [3.8, 4) is 119 Å². The summed E-state index contributed by atoms with van der Waals surface area (Å²) < 4.78 is 14.7. The van der Waals surface area contributed by atoms with Gasteiger partial charge in [-0.1, -0.05) is 297 Å². The Balaban J connectivity index is 0.000000140. The van der Waals surface area contributed by atoms with Crippen molar-refractivity contribution in [1.29, 1.82) is 0 Å². The van der Waals surface area contributed by atoms with Gasteiger partial charge in [0.15, 0.2) is 34.9 Å². The molecule has 126 heavy (non-hydrogen) atoms. The first-order valence-electron chi connectivity index (χ1n) is 42.3. The van der Waals surface area contributed by atoms with Crippen LogP contribution >= 0.6 is 34.0 Å². The van der Waals surface area contributed by atoms with Crippen molar-refractivity contribution in [2.24, 2.45) is 0 Å². The molecule has 26 rings (SSSR count). The van der Waals surface area contributed by atoms with Gasteiger partial charge in [-0.15, -0.1) is 34.0 Å². The Morgan fingerprint density at radius 1 is 0.159 bits per heavy atom. The lowest BCUT2D eigenvalue weighted by Gasteiger charge is -2.13. The second-order valence-electron chi connectivity index (χ2n) is 32.0. The van der Waals surface area contributed by atoms with Crippen molar-refractivity contribution in [3.63, 3.8) is 0 Å². The van der Waals surface area contributed by atoms with Crippen LogP contribution in [-0.2, 0) is 0 Å². The summed E-state index contributed by atoms with van der Waals surface area (Å²) in [5.74, 6) is 3.91. The predicted octanol–water partition coefficient (Wildman–Crippen LogP) is 31.1. The average molecular weight is 1660 g/mol. The number of nitrogens with zero attached hydrogens (tertiary/aromatic N) is 9. The van der Waals surface area contributed by atoms with Crippen molar-refractivity contribution in [2.75, 3.05) is 0 Å². The minimum absolute atomic E-state index is 0.646. The fourth-order valence-electron chi connectivity index (χ4n) is 18.8. The van der Waals surface area contributed by atoms with E-state index in [0.717, 1.165) is 98.7 Å². The molecular formula is C114H69N9S3. The smallest absolute Gasteiger partial charge is 0.165 e. The normalized spacial score (nSPS) is 11.8. The number of rotatable bonds is 12. The molecule has 0 atom stereocenters. The topological polar surface area (TPSA) is 92.1 Å². The molecule has 0 aliphatic carbocycles. The molecule has 0 saturated carbocycles. The lowest BCUT2D eigenvalue weighted by atomic mass is 9.95. The first kappa shape index (κ1) is 72.8. The standard InChI is InChI=1S/C63H39N5S.C51H30N4S2/c1-5-18-40(19-6-1)61-64-62(41-20-7-2-8-21-41)66-63(65-61)54-36-45(35-53-50-29-14-16-31-59(50)69-60(53)54)43-23-17-22-42(34-43)44-32-33-49-52-38-51-48-28-13-15-30-55(48)67(46-24-9-3-10-25-46)57(51)39-58(52)68(56(49)37-44)47-26-11-4-12-27-47;1-3-14-31(15-4-1)49-52-50(32-16-5-2-6-17-32)54-51(53-49)41-30-34(29-40-37-21-9-12-25-45(37)56-47(40)41)33-18-13-19-35(28-33)55-42-23-10-7-22-39(42)46-43(55)27-26-38-36-20-8-11-24-44(36)57-48(38)46/h1-39H;1-30H. The molecule has 12 heteroatoms. The highest BCUT2D eigenvalue weighted by atomic mass is 32.1. The van der Waals surface area contributed by atoms with Gasteiger partial charge >= 0.3 is 0 Å². The van der Waals surface area contributed by atoms with E-state index in [2.05, 4.69) is 359 Å². The Bertz CT molecular complexity index is 8720. The molecule has 0 fully saturated rings. The number of hydrogen-bond acceptors (Lipinski definition) is 9. The van der Waals surface area contributed by atoms with E-state index < -0.39 is 0 Å². The molecule has 0 aliphatic rings. The summed E-state index contributed by atoms with van der Waals surface area (Å²) in [6, 6.07) is 150. The molecule has 26 aromatic rings. The van der Waals surface area contributed by atoms with E-state index >= 15 is 0 Å². The van der Waals surface area contributed by atoms with Crippen LogP contribution in [-0.4, -0.2) is 43.6 Å². The fourth-order valence-corrected chi connectivity index (χ4v) is 22.4. The van der Waals surface area contributed by atoms with Crippen LogP contribution in [0.2, 0.25) is 0 Å². The monoisotopic (exact) mass is 1660 g/mol. The Morgan fingerprint density at radius 3 is 0.992 bits per heavy atom. The Hall–Kier alpha value is -16.0. The second-order valence-corrected chi connectivity index (χ2v) is 35.1. The molecule has 588 valence electrons. The maximum absolute atomic E-state index is 5.23. The van der Waals surface area contributed by atoms with E-state index in [9.17, 15) is 0 Å². The molecule has 0 N–H and O–H groups in total. The molecule has 0 amide bonds. The lowest BCUT2D eigenvalue weighted by Crippen LogP contribution is -2.00. The summed E-state index contributed by atoms with van der Waals surface area (Å²) in [6.45, 7) is 0. The SMILES string of the molecule is c1ccc(-c2nc(-c3ccccc3)nc(-c3cc(-c4cccc(-c5ccc6c7cc8c9ccccc9n(-c9ccccc9)c8cc7n(-c7ccccc7)c6c5)c4)cc4c3sc3ccccc34)n2)cc1.c1ccc(-c2nc(-c3ccccc3)nc(-c3cc(-c4cccc(-n5c6ccccc6c6c7sc8ccccc8c7ccc65)c4)cc4c3sc3ccccc34)n2)cc1. The van der Waals surface area contributed by atoms with Gasteiger partial charge in [0.05, 0.1) is 33.1 Å². The van der Waals surface area contributed by atoms with Crippen molar-refractivity contribution in [2.45, 2.75) is 0 Å². The number of thiophene rings is 3. The Morgan fingerprint density at radius 2 is 0.492 bits per heavy atom. The van der Waals surface area contributed by atoms with Crippen molar-refractivity contribution in [1.82, 2.24) is 43.6 Å². The molecule has 0 radical (unpaired) electrons. The molecule has 0 saturated heterocycles. The summed E-state index contributed by atoms with van der Waals surface area (Å²) in [4.78, 5) is 30.9. The first-order chi connectivity index (χ1) is 62.4. The van der Waals surface area contributed by atoms with Crippen LogP contribution in [0.4, 0.5) is 0 Å². The summed E-state index contributed by atoms with van der Waals surface area (Å²) >= 11 is 5.47. The van der Waals surface area contributed by atoms with Crippen LogP contribution in [0.15, 0.2) is 419 Å². The molecular weight excluding hydrogens is 1590 g/mol. The van der Waals surface area contributed by atoms with Gasteiger partial charge in [-0.25, -0.2) is 29.9 Å². The van der Waals surface area contributed by atoms with Crippen LogP contribution in [0.25, 0.3) is 245 Å². The summed E-state index contributed by atoms with van der Waals surface area (Å²) in [6.07, 6.45) is 0. The number of fused-ring (bicyclic) bond motifs is 19. The molecule has 0 bridgehead atoms. The Kier molecular flexibility index (Phi) is 17.3. The minimum atomic E-state index is 0.646. The number of hydrogen-bond donors (Lipinski definition) is 0. The van der Waals surface area contributed by atoms with Gasteiger partial charge < -0.3 is 13.7 Å². The molecule has 9 nitrogen and oxygen atoms in total. The molecule has 0 aliphatic heterocycles. The van der Waals surface area contributed by atoms with E-state index in [4.69, 9.17) is 29.9 Å². The van der Waals surface area contributed by atoms with Crippen molar-refractivity contribution in [3.05, 3.63) is 419 Å². The van der Waals surface area contributed by atoms with Crippen molar-refractivity contribution < 1.29 is 0 Å². The molecule has 0 spiro atoms.